The van der Waals surface area contributed by atoms with Crippen LogP contribution in [0.1, 0.15) is 32.1 Å². The Bertz CT molecular complexity index is 232. The predicted octanol–water partition coefficient (Wildman–Crippen LogP) is 1.28. The minimum atomic E-state index is 0.230. The summed E-state index contributed by atoms with van der Waals surface area (Å²) in [5, 5.41) is 3.36. The van der Waals surface area contributed by atoms with Gasteiger partial charge in [-0.1, -0.05) is 0 Å². The molecule has 2 rings (SSSR count). The molecule has 2 amide bonds. The highest BCUT2D eigenvalue weighted by Crippen LogP contribution is 2.14. The zero-order valence-electron chi connectivity index (χ0n) is 10.2. The average Bonchev–Trinajstić information content (AvgIpc) is 2.39. The van der Waals surface area contributed by atoms with Gasteiger partial charge in [0.1, 0.15) is 0 Å². The van der Waals surface area contributed by atoms with Crippen LogP contribution in [0, 0.1) is 0 Å². The highest BCUT2D eigenvalue weighted by molar-refractivity contribution is 5.74. The maximum atomic E-state index is 12.2. The van der Waals surface area contributed by atoms with E-state index in [1.807, 2.05) is 16.8 Å². The van der Waals surface area contributed by atoms with Crippen LogP contribution in [-0.4, -0.2) is 55.1 Å². The fraction of sp³-hybridized carbons (Fsp3) is 0.917. The molecule has 1 unspecified atom stereocenters. The van der Waals surface area contributed by atoms with E-state index >= 15 is 0 Å². The fourth-order valence-electron chi connectivity index (χ4n) is 2.63. The Morgan fingerprint density at radius 2 is 2.00 bits per heavy atom. The lowest BCUT2D eigenvalue weighted by Crippen LogP contribution is -2.52. The van der Waals surface area contributed by atoms with Crippen molar-refractivity contribution < 1.29 is 4.79 Å². The Hall–Kier alpha value is -0.770. The second-order valence-corrected chi connectivity index (χ2v) is 4.94. The lowest BCUT2D eigenvalue weighted by atomic mass is 10.1. The molecule has 16 heavy (non-hydrogen) atoms. The van der Waals surface area contributed by atoms with E-state index in [4.69, 9.17) is 0 Å². The van der Waals surface area contributed by atoms with Crippen molar-refractivity contribution in [2.75, 3.05) is 33.2 Å². The van der Waals surface area contributed by atoms with Crippen LogP contribution in [0.25, 0.3) is 0 Å². The monoisotopic (exact) mass is 225 g/mol. The van der Waals surface area contributed by atoms with Gasteiger partial charge in [0.2, 0.25) is 0 Å². The standard InChI is InChI=1S/C12H23N3O/c1-14(11-6-5-7-13-10-11)12(16)15-8-3-2-4-9-15/h11,13H,2-10H2,1H3. The number of hydrogen-bond donors (Lipinski definition) is 1. The molecular weight excluding hydrogens is 202 g/mol. The Labute approximate surface area is 98.0 Å². The van der Waals surface area contributed by atoms with E-state index < -0.39 is 0 Å². The molecule has 0 bridgehead atoms. The number of likely N-dealkylation sites (N-methyl/N-ethyl adjacent to an activating group) is 1. The zero-order valence-corrected chi connectivity index (χ0v) is 10.2. The predicted molar refractivity (Wildman–Crippen MR) is 64.5 cm³/mol. The fourth-order valence-corrected chi connectivity index (χ4v) is 2.63. The Morgan fingerprint density at radius 3 is 2.62 bits per heavy atom. The summed E-state index contributed by atoms with van der Waals surface area (Å²) < 4.78 is 0. The van der Waals surface area contributed by atoms with Gasteiger partial charge in [-0.3, -0.25) is 0 Å². The number of hydrogen-bond acceptors (Lipinski definition) is 2. The molecule has 4 nitrogen and oxygen atoms in total. The molecule has 2 aliphatic heterocycles. The first-order valence-corrected chi connectivity index (χ1v) is 6.51. The molecule has 2 fully saturated rings. The van der Waals surface area contributed by atoms with E-state index in [0.29, 0.717) is 6.04 Å². The number of nitrogens with one attached hydrogen (secondary N) is 1. The molecule has 4 heteroatoms. The quantitative estimate of drug-likeness (QED) is 0.729. The Balaban J connectivity index is 1.86. The van der Waals surface area contributed by atoms with Crippen molar-refractivity contribution in [3.05, 3.63) is 0 Å². The van der Waals surface area contributed by atoms with Gasteiger partial charge in [-0.05, 0) is 38.6 Å². The highest BCUT2D eigenvalue weighted by Gasteiger charge is 2.26. The van der Waals surface area contributed by atoms with Crippen molar-refractivity contribution in [2.24, 2.45) is 0 Å². The van der Waals surface area contributed by atoms with Gasteiger partial charge in [-0.25, -0.2) is 4.79 Å². The van der Waals surface area contributed by atoms with E-state index in [1.54, 1.807) is 0 Å². The molecule has 1 N–H and O–H groups in total. The molecule has 0 aromatic carbocycles. The molecule has 92 valence electrons. The van der Waals surface area contributed by atoms with E-state index in [0.717, 1.165) is 32.6 Å². The lowest BCUT2D eigenvalue weighted by molar-refractivity contribution is 0.130. The summed E-state index contributed by atoms with van der Waals surface area (Å²) in [5.74, 6) is 0. The van der Waals surface area contributed by atoms with Crippen LogP contribution in [0.5, 0.6) is 0 Å². The van der Waals surface area contributed by atoms with Gasteiger partial charge in [-0.15, -0.1) is 0 Å². The van der Waals surface area contributed by atoms with Crippen molar-refractivity contribution >= 4 is 6.03 Å². The van der Waals surface area contributed by atoms with Crippen molar-refractivity contribution in [2.45, 2.75) is 38.1 Å². The summed E-state index contributed by atoms with van der Waals surface area (Å²) in [6.07, 6.45) is 5.94. The molecular formula is C12H23N3O. The SMILES string of the molecule is CN(C(=O)N1CCCCC1)C1CCCNC1. The van der Waals surface area contributed by atoms with E-state index in [-0.39, 0.29) is 6.03 Å². The van der Waals surface area contributed by atoms with Crippen LogP contribution in [0.3, 0.4) is 0 Å². The van der Waals surface area contributed by atoms with Gasteiger partial charge in [0.05, 0.1) is 0 Å². The number of amides is 2. The average molecular weight is 225 g/mol. The summed E-state index contributed by atoms with van der Waals surface area (Å²) in [6, 6.07) is 0.622. The van der Waals surface area contributed by atoms with Gasteiger partial charge in [0.15, 0.2) is 0 Å². The van der Waals surface area contributed by atoms with Crippen molar-refractivity contribution in [1.82, 2.24) is 15.1 Å². The maximum Gasteiger partial charge on any atom is 0.320 e. The first kappa shape index (κ1) is 11.7. The first-order chi connectivity index (χ1) is 7.79. The van der Waals surface area contributed by atoms with Crippen LogP contribution in [0.2, 0.25) is 0 Å². The molecule has 0 aromatic heterocycles. The van der Waals surface area contributed by atoms with Crippen LogP contribution in [-0.2, 0) is 0 Å². The minimum Gasteiger partial charge on any atom is -0.325 e. The van der Waals surface area contributed by atoms with Crippen molar-refractivity contribution in [1.29, 1.82) is 0 Å². The topological polar surface area (TPSA) is 35.6 Å². The third kappa shape index (κ3) is 2.67. The van der Waals surface area contributed by atoms with Crippen LogP contribution >= 0.6 is 0 Å². The summed E-state index contributed by atoms with van der Waals surface area (Å²) >= 11 is 0. The van der Waals surface area contributed by atoms with Crippen molar-refractivity contribution in [3.8, 4) is 0 Å². The van der Waals surface area contributed by atoms with E-state index in [2.05, 4.69) is 5.32 Å². The Morgan fingerprint density at radius 1 is 1.25 bits per heavy atom. The van der Waals surface area contributed by atoms with E-state index in [1.165, 1.54) is 25.7 Å². The second-order valence-electron chi connectivity index (χ2n) is 4.94. The van der Waals surface area contributed by atoms with Gasteiger partial charge in [0.25, 0.3) is 0 Å². The van der Waals surface area contributed by atoms with Crippen LogP contribution in [0.15, 0.2) is 0 Å². The third-order valence-corrected chi connectivity index (χ3v) is 3.75. The molecule has 2 heterocycles. The summed E-state index contributed by atoms with van der Waals surface area (Å²) in [7, 11) is 1.95. The number of rotatable bonds is 1. The van der Waals surface area contributed by atoms with Gasteiger partial charge in [0, 0.05) is 32.7 Å². The number of piperidine rings is 2. The maximum absolute atomic E-state index is 12.2. The molecule has 1 atom stereocenters. The molecule has 2 aliphatic rings. The smallest absolute Gasteiger partial charge is 0.320 e. The number of urea groups is 1. The van der Waals surface area contributed by atoms with Gasteiger partial charge in [-0.2, -0.15) is 0 Å². The first-order valence-electron chi connectivity index (χ1n) is 6.51. The largest absolute Gasteiger partial charge is 0.325 e. The Kier molecular flexibility index (Phi) is 4.04. The summed E-state index contributed by atoms with van der Waals surface area (Å²) in [6.45, 7) is 3.95. The third-order valence-electron chi connectivity index (χ3n) is 3.75. The van der Waals surface area contributed by atoms with E-state index in [9.17, 15) is 4.79 Å². The normalized spacial score (nSPS) is 26.6. The molecule has 0 saturated carbocycles. The lowest BCUT2D eigenvalue weighted by Gasteiger charge is -2.37. The van der Waals surface area contributed by atoms with Gasteiger partial charge >= 0.3 is 6.03 Å². The van der Waals surface area contributed by atoms with Crippen molar-refractivity contribution in [3.63, 3.8) is 0 Å². The molecule has 0 aromatic rings. The molecule has 0 radical (unpaired) electrons. The highest BCUT2D eigenvalue weighted by atomic mass is 16.2. The molecule has 0 spiro atoms. The molecule has 2 saturated heterocycles. The number of carbonyl (C=O) groups is 1. The number of nitrogens with zero attached hydrogens (tertiary/aromatic N) is 2. The summed E-state index contributed by atoms with van der Waals surface area (Å²) in [4.78, 5) is 16.2. The minimum absolute atomic E-state index is 0.230. The number of likely N-dealkylation sites (tertiary alicyclic amines) is 1. The van der Waals surface area contributed by atoms with Crippen LogP contribution in [0.4, 0.5) is 4.79 Å². The summed E-state index contributed by atoms with van der Waals surface area (Å²) in [5.41, 5.74) is 0. The number of carbonyl (C=O) groups excluding carboxylic acids is 1. The zero-order chi connectivity index (χ0) is 11.4. The van der Waals surface area contributed by atoms with Crippen LogP contribution < -0.4 is 5.32 Å². The molecule has 0 aliphatic carbocycles. The van der Waals surface area contributed by atoms with Gasteiger partial charge < -0.3 is 15.1 Å². The second kappa shape index (κ2) is 5.53.